The summed E-state index contributed by atoms with van der Waals surface area (Å²) in [7, 11) is 0. The average Bonchev–Trinajstić information content (AvgIpc) is 1.85. The molecule has 1 nitrogen and oxygen atoms in total. The van der Waals surface area contributed by atoms with Crippen molar-refractivity contribution >= 4 is 50.5 Å². The van der Waals surface area contributed by atoms with Crippen molar-refractivity contribution < 1.29 is 0 Å². The zero-order valence-corrected chi connectivity index (χ0v) is 7.40. The summed E-state index contributed by atoms with van der Waals surface area (Å²) in [6.07, 6.45) is 0. The van der Waals surface area contributed by atoms with Crippen LogP contribution in [0.3, 0.4) is 0 Å². The molecule has 0 aliphatic rings. The Balaban J connectivity index is 3.14. The van der Waals surface area contributed by atoms with Gasteiger partial charge < -0.3 is 0 Å². The van der Waals surface area contributed by atoms with Crippen LogP contribution in [0.2, 0.25) is 8.80 Å². The maximum absolute atomic E-state index is 5.55. The zero-order chi connectivity index (χ0) is 6.15. The molecule has 8 heavy (non-hydrogen) atoms. The van der Waals surface area contributed by atoms with E-state index in [1.807, 2.05) is 0 Å². The maximum atomic E-state index is 5.55. The van der Waals surface area contributed by atoms with Gasteiger partial charge in [0.05, 0.1) is 0 Å². The normalized spacial score (nSPS) is 9.88. The van der Waals surface area contributed by atoms with E-state index < -0.39 is 0 Å². The molecule has 0 saturated heterocycles. The fourth-order valence-electron chi connectivity index (χ4n) is 0.260. The summed E-state index contributed by atoms with van der Waals surface area (Å²) < 4.78 is 1.67. The molecule has 1 aromatic rings. The quantitative estimate of drug-likeness (QED) is 0.670. The lowest BCUT2D eigenvalue weighted by atomic mass is 11.0. The van der Waals surface area contributed by atoms with Crippen molar-refractivity contribution in [2.24, 2.45) is 0 Å². The smallest absolute Gasteiger partial charge is 0.186 e. The van der Waals surface area contributed by atoms with Crippen LogP contribution in [0.4, 0.5) is 0 Å². The Labute approximate surface area is 68.8 Å². The van der Waals surface area contributed by atoms with Gasteiger partial charge in [-0.1, -0.05) is 34.5 Å². The SMILES string of the molecule is Clc1nc(Br)c(Cl)s1. The summed E-state index contributed by atoms with van der Waals surface area (Å²) in [5.41, 5.74) is 0. The van der Waals surface area contributed by atoms with Gasteiger partial charge in [-0.3, -0.25) is 0 Å². The van der Waals surface area contributed by atoms with Crippen LogP contribution in [0.15, 0.2) is 4.60 Å². The van der Waals surface area contributed by atoms with Gasteiger partial charge in [0.25, 0.3) is 0 Å². The molecule has 5 heteroatoms. The lowest BCUT2D eigenvalue weighted by Crippen LogP contribution is -1.57. The first kappa shape index (κ1) is 6.81. The monoisotopic (exact) mass is 231 g/mol. The van der Waals surface area contributed by atoms with Crippen LogP contribution in [0.1, 0.15) is 0 Å². The van der Waals surface area contributed by atoms with Crippen molar-refractivity contribution in [2.75, 3.05) is 0 Å². The Kier molecular flexibility index (Phi) is 2.14. The van der Waals surface area contributed by atoms with E-state index in [0.717, 1.165) is 0 Å². The highest BCUT2D eigenvalue weighted by molar-refractivity contribution is 9.10. The lowest BCUT2D eigenvalue weighted by Gasteiger charge is -1.71. The Bertz CT molecular complexity index is 180. The van der Waals surface area contributed by atoms with Gasteiger partial charge in [0.1, 0.15) is 8.94 Å². The molecular weight excluding hydrogens is 233 g/mol. The second-order valence-electron chi connectivity index (χ2n) is 1.03. The van der Waals surface area contributed by atoms with Crippen LogP contribution in [0.25, 0.3) is 0 Å². The Hall–Kier alpha value is 0.690. The third-order valence-electron chi connectivity index (χ3n) is 0.522. The van der Waals surface area contributed by atoms with Gasteiger partial charge in [-0.25, -0.2) is 4.98 Å². The number of nitrogens with zero attached hydrogens (tertiary/aromatic N) is 1. The first-order chi connectivity index (χ1) is 3.70. The molecule has 0 N–H and O–H groups in total. The van der Waals surface area contributed by atoms with Crippen LogP contribution in [-0.2, 0) is 0 Å². The molecule has 0 unspecified atom stereocenters. The molecular formula is C3BrCl2NS. The summed E-state index contributed by atoms with van der Waals surface area (Å²) in [5, 5.41) is 0. The number of halogens is 3. The van der Waals surface area contributed by atoms with Crippen molar-refractivity contribution in [1.82, 2.24) is 4.98 Å². The highest BCUT2D eigenvalue weighted by atomic mass is 79.9. The molecule has 0 amide bonds. The molecule has 0 bridgehead atoms. The largest absolute Gasteiger partial charge is 0.216 e. The second-order valence-corrected chi connectivity index (χ2v) is 3.97. The number of aromatic nitrogens is 1. The van der Waals surface area contributed by atoms with Crippen molar-refractivity contribution in [3.63, 3.8) is 0 Å². The van der Waals surface area contributed by atoms with E-state index >= 15 is 0 Å². The van der Waals surface area contributed by atoms with Gasteiger partial charge in [-0.05, 0) is 15.9 Å². The summed E-state index contributed by atoms with van der Waals surface area (Å²) in [5.74, 6) is 0. The van der Waals surface area contributed by atoms with Crippen LogP contribution < -0.4 is 0 Å². The molecule has 0 radical (unpaired) electrons. The summed E-state index contributed by atoms with van der Waals surface area (Å²) in [6.45, 7) is 0. The molecule has 0 spiro atoms. The van der Waals surface area contributed by atoms with Crippen LogP contribution >= 0.6 is 50.5 Å². The van der Waals surface area contributed by atoms with E-state index in [1.54, 1.807) is 0 Å². The van der Waals surface area contributed by atoms with Crippen LogP contribution in [0, 0.1) is 0 Å². The predicted molar refractivity (Wildman–Crippen MR) is 39.8 cm³/mol. The third-order valence-corrected chi connectivity index (χ3v) is 2.95. The fraction of sp³-hybridized carbons (Fsp3) is 0. The summed E-state index contributed by atoms with van der Waals surface area (Å²) in [6, 6.07) is 0. The van der Waals surface area contributed by atoms with Crippen LogP contribution in [0.5, 0.6) is 0 Å². The van der Waals surface area contributed by atoms with Gasteiger partial charge in [-0.15, -0.1) is 0 Å². The maximum Gasteiger partial charge on any atom is 0.186 e. The minimum absolute atomic E-state index is 0.460. The van der Waals surface area contributed by atoms with E-state index in [-0.39, 0.29) is 0 Å². The number of thiazole rings is 1. The lowest BCUT2D eigenvalue weighted by molar-refractivity contribution is 1.37. The standard InChI is InChI=1S/C3BrCl2NS/c4-1-2(5)8-3(6)7-1. The molecule has 1 aromatic heterocycles. The summed E-state index contributed by atoms with van der Waals surface area (Å²) in [4.78, 5) is 3.78. The molecule has 44 valence electrons. The van der Waals surface area contributed by atoms with E-state index in [2.05, 4.69) is 20.9 Å². The van der Waals surface area contributed by atoms with E-state index in [0.29, 0.717) is 13.4 Å². The van der Waals surface area contributed by atoms with E-state index in [9.17, 15) is 0 Å². The zero-order valence-electron chi connectivity index (χ0n) is 3.49. The molecule has 0 fully saturated rings. The predicted octanol–water partition coefficient (Wildman–Crippen LogP) is 3.21. The highest BCUT2D eigenvalue weighted by Gasteiger charge is 2.01. The first-order valence-electron chi connectivity index (χ1n) is 1.67. The van der Waals surface area contributed by atoms with Crippen molar-refractivity contribution in [3.05, 3.63) is 13.4 Å². The van der Waals surface area contributed by atoms with E-state index in [4.69, 9.17) is 23.2 Å². The molecule has 0 atom stereocenters. The van der Waals surface area contributed by atoms with Crippen molar-refractivity contribution in [1.29, 1.82) is 0 Å². The van der Waals surface area contributed by atoms with Gasteiger partial charge in [0, 0.05) is 0 Å². The molecule has 0 aromatic carbocycles. The Morgan fingerprint density at radius 1 is 1.50 bits per heavy atom. The van der Waals surface area contributed by atoms with Gasteiger partial charge >= 0.3 is 0 Å². The Morgan fingerprint density at radius 3 is 2.25 bits per heavy atom. The third kappa shape index (κ3) is 1.35. The van der Waals surface area contributed by atoms with Crippen LogP contribution in [-0.4, -0.2) is 4.98 Å². The van der Waals surface area contributed by atoms with Crippen molar-refractivity contribution in [2.45, 2.75) is 0 Å². The topological polar surface area (TPSA) is 12.9 Å². The number of rotatable bonds is 0. The number of hydrogen-bond donors (Lipinski definition) is 0. The van der Waals surface area contributed by atoms with E-state index in [1.165, 1.54) is 11.3 Å². The van der Waals surface area contributed by atoms with Crippen molar-refractivity contribution in [3.8, 4) is 0 Å². The van der Waals surface area contributed by atoms with Gasteiger partial charge in [0.15, 0.2) is 4.47 Å². The second kappa shape index (κ2) is 2.52. The van der Waals surface area contributed by atoms with Gasteiger partial charge in [-0.2, -0.15) is 0 Å². The number of hydrogen-bond acceptors (Lipinski definition) is 2. The molecule has 1 rings (SSSR count). The minimum Gasteiger partial charge on any atom is -0.216 e. The molecule has 0 aliphatic carbocycles. The Morgan fingerprint density at radius 2 is 2.12 bits per heavy atom. The highest BCUT2D eigenvalue weighted by Crippen LogP contribution is 2.30. The fourth-order valence-corrected chi connectivity index (χ4v) is 2.01. The summed E-state index contributed by atoms with van der Waals surface area (Å²) >= 11 is 15.4. The van der Waals surface area contributed by atoms with Gasteiger partial charge in [0.2, 0.25) is 0 Å². The molecule has 0 saturated carbocycles. The first-order valence-corrected chi connectivity index (χ1v) is 4.04. The molecule has 1 heterocycles. The molecule has 0 aliphatic heterocycles. The average molecular weight is 233 g/mol. The minimum atomic E-state index is 0.460.